The van der Waals surface area contributed by atoms with E-state index in [2.05, 4.69) is 48.0 Å². The van der Waals surface area contributed by atoms with Gasteiger partial charge in [-0.25, -0.2) is 0 Å². The van der Waals surface area contributed by atoms with Gasteiger partial charge in [-0.1, -0.05) is 42.3 Å². The molecule has 0 aromatic heterocycles. The average Bonchev–Trinajstić information content (AvgIpc) is 2.29. The Morgan fingerprint density at radius 3 is 2.88 bits per heavy atom. The molecular formula is C15H21BrO. The fraction of sp³-hybridized carbons (Fsp3) is 0.600. The van der Waals surface area contributed by atoms with E-state index in [9.17, 15) is 5.11 Å². The van der Waals surface area contributed by atoms with Crippen LogP contribution in [0.15, 0.2) is 22.7 Å². The van der Waals surface area contributed by atoms with Gasteiger partial charge < -0.3 is 5.11 Å². The van der Waals surface area contributed by atoms with Gasteiger partial charge in [0.25, 0.3) is 0 Å². The fourth-order valence-electron chi connectivity index (χ4n) is 2.78. The molecule has 0 bridgehead atoms. The smallest absolute Gasteiger partial charge is 0.0693 e. The number of benzene rings is 1. The summed E-state index contributed by atoms with van der Waals surface area (Å²) in [6, 6.07) is 6.42. The molecule has 94 valence electrons. The highest BCUT2D eigenvalue weighted by molar-refractivity contribution is 9.10. The van der Waals surface area contributed by atoms with Crippen molar-refractivity contribution in [2.45, 2.75) is 51.6 Å². The van der Waals surface area contributed by atoms with Gasteiger partial charge in [-0.3, -0.25) is 0 Å². The van der Waals surface area contributed by atoms with Crippen molar-refractivity contribution in [3.05, 3.63) is 33.8 Å². The van der Waals surface area contributed by atoms with Crippen molar-refractivity contribution in [3.63, 3.8) is 0 Å². The summed E-state index contributed by atoms with van der Waals surface area (Å²) in [4.78, 5) is 0. The summed E-state index contributed by atoms with van der Waals surface area (Å²) in [5.41, 5.74) is 2.24. The van der Waals surface area contributed by atoms with Gasteiger partial charge >= 0.3 is 0 Å². The Labute approximate surface area is 112 Å². The molecule has 0 saturated carbocycles. The van der Waals surface area contributed by atoms with E-state index in [1.54, 1.807) is 0 Å². The van der Waals surface area contributed by atoms with Gasteiger partial charge in [0.2, 0.25) is 0 Å². The summed E-state index contributed by atoms with van der Waals surface area (Å²) in [7, 11) is 0. The molecule has 2 heteroatoms. The van der Waals surface area contributed by atoms with Gasteiger partial charge in [0.15, 0.2) is 0 Å². The van der Waals surface area contributed by atoms with Crippen molar-refractivity contribution >= 4 is 15.9 Å². The monoisotopic (exact) mass is 296 g/mol. The van der Waals surface area contributed by atoms with E-state index in [1.165, 1.54) is 11.1 Å². The molecule has 0 saturated heterocycles. The highest BCUT2D eigenvalue weighted by Gasteiger charge is 2.32. The van der Waals surface area contributed by atoms with Gasteiger partial charge in [-0.05, 0) is 48.4 Å². The van der Waals surface area contributed by atoms with Crippen LogP contribution in [0.4, 0.5) is 0 Å². The number of rotatable bonds is 3. The first-order valence-electron chi connectivity index (χ1n) is 6.52. The summed E-state index contributed by atoms with van der Waals surface area (Å²) in [5.74, 6) is 0.608. The molecule has 0 fully saturated rings. The van der Waals surface area contributed by atoms with E-state index in [-0.39, 0.29) is 0 Å². The van der Waals surface area contributed by atoms with Gasteiger partial charge in [-0.2, -0.15) is 0 Å². The second kappa shape index (κ2) is 5.11. The lowest BCUT2D eigenvalue weighted by Crippen LogP contribution is -2.37. The summed E-state index contributed by atoms with van der Waals surface area (Å²) in [6.45, 7) is 4.43. The summed E-state index contributed by atoms with van der Waals surface area (Å²) >= 11 is 3.51. The summed E-state index contributed by atoms with van der Waals surface area (Å²) in [5, 5.41) is 10.7. The van der Waals surface area contributed by atoms with E-state index >= 15 is 0 Å². The maximum absolute atomic E-state index is 10.7. The molecule has 1 N–H and O–H groups in total. The molecule has 1 nitrogen and oxygen atoms in total. The van der Waals surface area contributed by atoms with Crippen LogP contribution >= 0.6 is 15.9 Å². The molecule has 0 heterocycles. The lowest BCUT2D eigenvalue weighted by Gasteiger charge is -2.35. The normalized spacial score (nSPS) is 25.4. The van der Waals surface area contributed by atoms with Crippen molar-refractivity contribution < 1.29 is 5.11 Å². The molecule has 0 spiro atoms. The zero-order chi connectivity index (χ0) is 12.5. The Morgan fingerprint density at radius 2 is 2.18 bits per heavy atom. The van der Waals surface area contributed by atoms with Crippen LogP contribution in [0.5, 0.6) is 0 Å². The second-order valence-electron chi connectivity index (χ2n) is 5.53. The molecule has 1 aromatic rings. The van der Waals surface area contributed by atoms with Gasteiger partial charge in [-0.15, -0.1) is 0 Å². The maximum atomic E-state index is 10.7. The van der Waals surface area contributed by atoms with Crippen LogP contribution in [0.25, 0.3) is 0 Å². The molecule has 1 aliphatic rings. The second-order valence-corrected chi connectivity index (χ2v) is 6.45. The molecule has 17 heavy (non-hydrogen) atoms. The lowest BCUT2D eigenvalue weighted by molar-refractivity contribution is 0.00423. The maximum Gasteiger partial charge on any atom is 0.0693 e. The third-order valence-corrected chi connectivity index (χ3v) is 4.47. The van der Waals surface area contributed by atoms with Crippen LogP contribution in [0.2, 0.25) is 0 Å². The zero-order valence-corrected chi connectivity index (χ0v) is 12.3. The molecule has 0 amide bonds. The number of fused-ring (bicyclic) bond motifs is 1. The van der Waals surface area contributed by atoms with E-state index in [1.807, 2.05) is 0 Å². The average molecular weight is 297 g/mol. The molecule has 2 unspecified atom stereocenters. The highest BCUT2D eigenvalue weighted by atomic mass is 79.9. The van der Waals surface area contributed by atoms with Crippen LogP contribution in [0.3, 0.4) is 0 Å². The molecule has 1 aromatic carbocycles. The Hall–Kier alpha value is -0.340. The largest absolute Gasteiger partial charge is 0.390 e. The Bertz CT molecular complexity index is 402. The van der Waals surface area contributed by atoms with Crippen LogP contribution in [0.1, 0.15) is 44.2 Å². The van der Waals surface area contributed by atoms with Gasteiger partial charge in [0, 0.05) is 10.9 Å². The van der Waals surface area contributed by atoms with Crippen LogP contribution in [-0.2, 0) is 12.8 Å². The highest BCUT2D eigenvalue weighted by Crippen LogP contribution is 2.34. The number of aliphatic hydroxyl groups is 1. The van der Waals surface area contributed by atoms with Crippen molar-refractivity contribution in [3.8, 4) is 0 Å². The third kappa shape index (κ3) is 3.11. The quantitative estimate of drug-likeness (QED) is 0.890. The molecule has 2 atom stereocenters. The minimum Gasteiger partial charge on any atom is -0.390 e. The lowest BCUT2D eigenvalue weighted by atomic mass is 9.76. The van der Waals surface area contributed by atoms with E-state index in [0.29, 0.717) is 5.92 Å². The van der Waals surface area contributed by atoms with Gasteiger partial charge in [0.1, 0.15) is 0 Å². The number of hydrogen-bond donors (Lipinski definition) is 1. The van der Waals surface area contributed by atoms with Crippen molar-refractivity contribution in [2.24, 2.45) is 5.92 Å². The van der Waals surface area contributed by atoms with E-state index < -0.39 is 5.60 Å². The predicted octanol–water partition coefficient (Wildman–Crippen LogP) is 4.11. The van der Waals surface area contributed by atoms with E-state index in [4.69, 9.17) is 0 Å². The summed E-state index contributed by atoms with van der Waals surface area (Å²) < 4.78 is 1.14. The number of halogens is 1. The van der Waals surface area contributed by atoms with Crippen LogP contribution < -0.4 is 0 Å². The van der Waals surface area contributed by atoms with Crippen molar-refractivity contribution in [2.75, 3.05) is 0 Å². The Kier molecular flexibility index (Phi) is 3.94. The predicted molar refractivity (Wildman–Crippen MR) is 75.2 cm³/mol. The zero-order valence-electron chi connectivity index (χ0n) is 10.7. The van der Waals surface area contributed by atoms with Crippen LogP contribution in [-0.4, -0.2) is 10.7 Å². The van der Waals surface area contributed by atoms with Gasteiger partial charge in [0.05, 0.1) is 5.60 Å². The Balaban J connectivity index is 2.14. The van der Waals surface area contributed by atoms with Crippen molar-refractivity contribution in [1.82, 2.24) is 0 Å². The van der Waals surface area contributed by atoms with E-state index in [0.717, 1.165) is 36.6 Å². The van der Waals surface area contributed by atoms with Crippen molar-refractivity contribution in [1.29, 1.82) is 0 Å². The standard InChI is InChI=1S/C15H21BrO/c1-3-11(2)9-15(17)7-6-12-8-14(16)5-4-13(12)10-15/h4-5,8,11,17H,3,6-7,9-10H2,1-2H3. The molecule has 0 radical (unpaired) electrons. The fourth-order valence-corrected chi connectivity index (χ4v) is 3.19. The minimum atomic E-state index is -0.476. The molecule has 1 aliphatic carbocycles. The molecular weight excluding hydrogens is 276 g/mol. The summed E-state index contributed by atoms with van der Waals surface area (Å²) in [6.07, 6.45) is 4.80. The van der Waals surface area contributed by atoms with Crippen LogP contribution in [0, 0.1) is 5.92 Å². The number of aryl methyl sites for hydroxylation is 1. The minimum absolute atomic E-state index is 0.476. The first-order chi connectivity index (χ1) is 8.02. The Morgan fingerprint density at radius 1 is 1.41 bits per heavy atom. The topological polar surface area (TPSA) is 20.2 Å². The number of hydrogen-bond acceptors (Lipinski definition) is 1. The first-order valence-corrected chi connectivity index (χ1v) is 7.31. The molecule has 0 aliphatic heterocycles. The third-order valence-electron chi connectivity index (χ3n) is 3.97. The first kappa shape index (κ1) is 13.1. The SMILES string of the molecule is CCC(C)CC1(O)CCc2cc(Br)ccc2C1. The molecule has 2 rings (SSSR count).